The lowest BCUT2D eigenvalue weighted by Gasteiger charge is -2.61. The Labute approximate surface area is 189 Å². The van der Waals surface area contributed by atoms with Crippen LogP contribution in [0.15, 0.2) is 6.20 Å². The molecule has 6 rings (SSSR count). The van der Waals surface area contributed by atoms with Gasteiger partial charge in [-0.25, -0.2) is 9.97 Å². The van der Waals surface area contributed by atoms with Crippen LogP contribution in [0.5, 0.6) is 0 Å². The lowest BCUT2D eigenvalue weighted by atomic mass is 9.51. The van der Waals surface area contributed by atoms with Crippen molar-refractivity contribution in [2.75, 3.05) is 31.6 Å². The van der Waals surface area contributed by atoms with E-state index in [1.807, 2.05) is 0 Å². The quantitative estimate of drug-likeness (QED) is 0.679. The highest BCUT2D eigenvalue weighted by molar-refractivity contribution is 5.95. The van der Waals surface area contributed by atoms with E-state index < -0.39 is 34.5 Å². The van der Waals surface area contributed by atoms with Gasteiger partial charge in [0.2, 0.25) is 5.95 Å². The molecule has 5 fully saturated rings. The zero-order chi connectivity index (χ0) is 23.4. The second kappa shape index (κ2) is 7.82. The lowest BCUT2D eigenvalue weighted by molar-refractivity contribution is -0.185. The molecule has 1 saturated heterocycles. The summed E-state index contributed by atoms with van der Waals surface area (Å²) in [5.41, 5.74) is -2.91. The summed E-state index contributed by atoms with van der Waals surface area (Å²) in [5.74, 6) is -0.569. The molecule has 2 heterocycles. The van der Waals surface area contributed by atoms with Crippen LogP contribution in [0.2, 0.25) is 0 Å². The first-order valence-electron chi connectivity index (χ1n) is 11.4. The monoisotopic (exact) mass is 468 g/mol. The second-order valence-corrected chi connectivity index (χ2v) is 10.0. The lowest BCUT2D eigenvalue weighted by Crippen LogP contribution is -2.63. The molecule has 0 spiro atoms. The number of rotatable bonds is 4. The number of hydrogen-bond donors (Lipinski definition) is 1. The number of carbonyl (C=O) groups is 2. The maximum Gasteiger partial charge on any atom is 0.434 e. The molecule has 1 amide bonds. The molecule has 5 aliphatic rings. The summed E-state index contributed by atoms with van der Waals surface area (Å²) in [4.78, 5) is 33.7. The maximum atomic E-state index is 13.9. The first-order valence-corrected chi connectivity index (χ1v) is 11.4. The Morgan fingerprint density at radius 1 is 1.18 bits per heavy atom. The average Bonchev–Trinajstić information content (AvgIpc) is 2.71. The van der Waals surface area contributed by atoms with E-state index in [9.17, 15) is 22.8 Å². The molecule has 8 nitrogen and oxygen atoms in total. The van der Waals surface area contributed by atoms with E-state index in [0.717, 1.165) is 38.3 Å². The number of halogens is 3. The van der Waals surface area contributed by atoms with Crippen LogP contribution in [0, 0.1) is 11.8 Å². The summed E-state index contributed by atoms with van der Waals surface area (Å²) in [6, 6.07) is 0. The van der Waals surface area contributed by atoms with Gasteiger partial charge in [0.15, 0.2) is 5.69 Å². The number of ether oxygens (including phenoxy) is 2. The number of nitrogens with one attached hydrogen (secondary N) is 1. The Bertz CT molecular complexity index is 949. The van der Waals surface area contributed by atoms with Crippen molar-refractivity contribution >= 4 is 17.8 Å². The number of alkyl halides is 3. The highest BCUT2D eigenvalue weighted by Crippen LogP contribution is 2.59. The summed E-state index contributed by atoms with van der Waals surface area (Å²) in [6.45, 7) is 2.40. The molecule has 2 unspecified atom stereocenters. The van der Waals surface area contributed by atoms with Gasteiger partial charge in [0.1, 0.15) is 5.60 Å². The summed E-state index contributed by atoms with van der Waals surface area (Å²) < 4.78 is 52.6. The Kier molecular flexibility index (Phi) is 5.30. The topological polar surface area (TPSA) is 93.6 Å². The molecule has 0 aromatic carbocycles. The highest BCUT2D eigenvalue weighted by atomic mass is 19.4. The van der Waals surface area contributed by atoms with Gasteiger partial charge < -0.3 is 19.7 Å². The van der Waals surface area contributed by atoms with Crippen LogP contribution in [0.25, 0.3) is 0 Å². The standard InChI is InChI=1S/C22H27F3N4O4/c1-13(30)33-21-9-14-6-15(10-21)8-20(7-14,12-21)28-19-26-11-16(17(27-19)22(23,24)25)18(31)29-2-4-32-5-3-29/h11,14-15H,2-10,12H2,1H3,(H,26,27,28). The van der Waals surface area contributed by atoms with Crippen LogP contribution in [-0.4, -0.2) is 64.2 Å². The SMILES string of the molecule is CC(=O)OC12CC3CC(CC(Nc4ncc(C(=O)N5CCOCC5)c(C(F)(F)F)n4)(C3)C1)C2. The third-order valence-electron chi connectivity index (χ3n) is 7.33. The van der Waals surface area contributed by atoms with Gasteiger partial charge in [0.25, 0.3) is 5.91 Å². The summed E-state index contributed by atoms with van der Waals surface area (Å²) in [6.07, 6.45) is 0.828. The summed E-state index contributed by atoms with van der Waals surface area (Å²) >= 11 is 0. The molecule has 4 saturated carbocycles. The van der Waals surface area contributed by atoms with Gasteiger partial charge in [0, 0.05) is 38.2 Å². The Balaban J connectivity index is 1.43. The van der Waals surface area contributed by atoms with Crippen LogP contribution in [0.1, 0.15) is 61.5 Å². The number of amides is 1. The van der Waals surface area contributed by atoms with Gasteiger partial charge in [-0.05, 0) is 43.9 Å². The van der Waals surface area contributed by atoms with Gasteiger partial charge in [0.05, 0.1) is 18.8 Å². The van der Waals surface area contributed by atoms with Crippen molar-refractivity contribution in [2.24, 2.45) is 11.8 Å². The molecule has 2 atom stereocenters. The van der Waals surface area contributed by atoms with Crippen molar-refractivity contribution < 1.29 is 32.2 Å². The minimum atomic E-state index is -4.81. The van der Waals surface area contributed by atoms with Gasteiger partial charge in [-0.2, -0.15) is 13.2 Å². The Morgan fingerprint density at radius 3 is 2.45 bits per heavy atom. The van der Waals surface area contributed by atoms with E-state index in [-0.39, 0.29) is 38.2 Å². The van der Waals surface area contributed by atoms with Crippen molar-refractivity contribution in [1.82, 2.24) is 14.9 Å². The van der Waals surface area contributed by atoms with Crippen molar-refractivity contribution in [3.63, 3.8) is 0 Å². The second-order valence-electron chi connectivity index (χ2n) is 10.0. The van der Waals surface area contributed by atoms with Gasteiger partial charge >= 0.3 is 12.1 Å². The number of anilines is 1. The third kappa shape index (κ3) is 4.27. The van der Waals surface area contributed by atoms with Crippen LogP contribution < -0.4 is 5.32 Å². The molecule has 4 aliphatic carbocycles. The molecule has 1 aromatic heterocycles. The number of hydrogen-bond acceptors (Lipinski definition) is 7. The molecule has 11 heteroatoms. The number of esters is 1. The summed E-state index contributed by atoms with van der Waals surface area (Å²) in [5, 5.41) is 3.18. The molecule has 1 aliphatic heterocycles. The van der Waals surface area contributed by atoms with Crippen LogP contribution >= 0.6 is 0 Å². The van der Waals surface area contributed by atoms with Gasteiger partial charge in [-0.1, -0.05) is 0 Å². The number of nitrogens with zero attached hydrogens (tertiary/aromatic N) is 3. The van der Waals surface area contributed by atoms with Crippen molar-refractivity contribution in [2.45, 2.75) is 62.8 Å². The number of carbonyl (C=O) groups excluding carboxylic acids is 2. The zero-order valence-corrected chi connectivity index (χ0v) is 18.4. The predicted molar refractivity (Wildman–Crippen MR) is 109 cm³/mol. The number of morpholine rings is 1. The van der Waals surface area contributed by atoms with Gasteiger partial charge in [-0.15, -0.1) is 0 Å². The Morgan fingerprint density at radius 2 is 1.85 bits per heavy atom. The molecular weight excluding hydrogens is 441 g/mol. The molecule has 4 bridgehead atoms. The third-order valence-corrected chi connectivity index (χ3v) is 7.33. The zero-order valence-electron chi connectivity index (χ0n) is 18.4. The van der Waals surface area contributed by atoms with Crippen LogP contribution in [0.3, 0.4) is 0 Å². The molecule has 33 heavy (non-hydrogen) atoms. The number of aromatic nitrogens is 2. The first-order chi connectivity index (χ1) is 15.6. The van der Waals surface area contributed by atoms with Crippen molar-refractivity contribution in [3.05, 3.63) is 17.5 Å². The van der Waals surface area contributed by atoms with Crippen molar-refractivity contribution in [1.29, 1.82) is 0 Å². The maximum absolute atomic E-state index is 13.9. The van der Waals surface area contributed by atoms with E-state index in [0.29, 0.717) is 18.3 Å². The minimum Gasteiger partial charge on any atom is -0.459 e. The normalized spacial score (nSPS) is 33.2. The van der Waals surface area contributed by atoms with E-state index >= 15 is 0 Å². The average molecular weight is 468 g/mol. The predicted octanol–water partition coefficient (Wildman–Crippen LogP) is 3.03. The summed E-state index contributed by atoms with van der Waals surface area (Å²) in [7, 11) is 0. The van der Waals surface area contributed by atoms with E-state index in [1.54, 1.807) is 0 Å². The van der Waals surface area contributed by atoms with Crippen LogP contribution in [0.4, 0.5) is 19.1 Å². The van der Waals surface area contributed by atoms with E-state index in [1.165, 1.54) is 11.8 Å². The molecule has 180 valence electrons. The minimum absolute atomic E-state index is 0.152. The van der Waals surface area contributed by atoms with Crippen LogP contribution in [-0.2, 0) is 20.4 Å². The highest BCUT2D eigenvalue weighted by Gasteiger charge is 2.60. The van der Waals surface area contributed by atoms with E-state index in [2.05, 4.69) is 15.3 Å². The fraction of sp³-hybridized carbons (Fsp3) is 0.727. The van der Waals surface area contributed by atoms with Gasteiger partial charge in [-0.3, -0.25) is 9.59 Å². The fourth-order valence-corrected chi connectivity index (χ4v) is 6.74. The van der Waals surface area contributed by atoms with E-state index in [4.69, 9.17) is 9.47 Å². The molecule has 0 radical (unpaired) electrons. The Hall–Kier alpha value is -2.43. The molecule has 1 aromatic rings. The smallest absolute Gasteiger partial charge is 0.434 e. The molecular formula is C22H27F3N4O4. The van der Waals surface area contributed by atoms with Crippen molar-refractivity contribution in [3.8, 4) is 0 Å². The molecule has 1 N–H and O–H groups in total. The largest absolute Gasteiger partial charge is 0.459 e. The fourth-order valence-electron chi connectivity index (χ4n) is 6.74. The first kappa shape index (κ1) is 22.4.